The lowest BCUT2D eigenvalue weighted by molar-refractivity contribution is -0.115. The molecule has 6 rings (SSSR count). The Kier molecular flexibility index (Phi) is 14.3. The van der Waals surface area contributed by atoms with Crippen LogP contribution in [-0.4, -0.2) is 77.2 Å². The zero-order valence-electron chi connectivity index (χ0n) is 34.8. The maximum atomic E-state index is 12.6. The summed E-state index contributed by atoms with van der Waals surface area (Å²) in [4.78, 5) is 50.2. The van der Waals surface area contributed by atoms with Gasteiger partial charge in [0, 0.05) is 64.7 Å². The predicted octanol–water partition coefficient (Wildman–Crippen LogP) is 7.07. The van der Waals surface area contributed by atoms with Gasteiger partial charge >= 0.3 is 6.09 Å². The Morgan fingerprint density at radius 2 is 1.07 bits per heavy atom. The molecule has 3 N–H and O–H groups in total. The van der Waals surface area contributed by atoms with Gasteiger partial charge in [-0.3, -0.25) is 9.59 Å². The zero-order valence-corrected chi connectivity index (χ0v) is 35.6. The van der Waals surface area contributed by atoms with E-state index in [9.17, 15) is 14.4 Å². The topological polar surface area (TPSA) is 143 Å². The van der Waals surface area contributed by atoms with Crippen LogP contribution in [0.4, 0.5) is 4.79 Å². The lowest BCUT2D eigenvalue weighted by Gasteiger charge is -2.37. The van der Waals surface area contributed by atoms with Crippen LogP contribution >= 0.6 is 12.4 Å². The highest BCUT2D eigenvalue weighted by Crippen LogP contribution is 2.35. The molecule has 4 heterocycles. The molecule has 0 saturated carbocycles. The van der Waals surface area contributed by atoms with Gasteiger partial charge in [0.05, 0.1) is 0 Å². The van der Waals surface area contributed by atoms with Crippen molar-refractivity contribution in [2.75, 3.05) is 26.2 Å². The first kappa shape index (κ1) is 44.6. The van der Waals surface area contributed by atoms with Crippen molar-refractivity contribution in [2.45, 2.75) is 142 Å². The number of rotatable bonds is 6. The monoisotopic (exact) mass is 794 g/mol. The maximum Gasteiger partial charge on any atom is 0.410 e. The Morgan fingerprint density at radius 1 is 0.679 bits per heavy atom. The van der Waals surface area contributed by atoms with Crippen molar-refractivity contribution in [3.8, 4) is 0 Å². The first-order valence-corrected chi connectivity index (χ1v) is 19.7. The minimum atomic E-state index is -0.516. The fourth-order valence-electron chi connectivity index (χ4n) is 6.94. The molecular formula is C43H63ClN6O6. The average Bonchev–Trinajstić information content (AvgIpc) is 3.74. The van der Waals surface area contributed by atoms with Crippen molar-refractivity contribution in [1.82, 2.24) is 20.9 Å². The summed E-state index contributed by atoms with van der Waals surface area (Å²) in [5, 5.41) is 17.3. The van der Waals surface area contributed by atoms with Crippen molar-refractivity contribution < 1.29 is 28.8 Å². The molecule has 0 aliphatic carbocycles. The molecule has 12 nitrogen and oxygen atoms in total. The van der Waals surface area contributed by atoms with Crippen LogP contribution in [0.5, 0.6) is 0 Å². The molecule has 0 radical (unpaired) electrons. The summed E-state index contributed by atoms with van der Waals surface area (Å²) < 4.78 is 5.44. The summed E-state index contributed by atoms with van der Waals surface area (Å²) in [5.41, 5.74) is 4.58. The molecule has 4 aliphatic rings. The number of nitrogens with zero attached hydrogens (tertiary/aromatic N) is 3. The molecule has 0 unspecified atom stereocenters. The van der Waals surface area contributed by atoms with Gasteiger partial charge in [-0.2, -0.15) is 0 Å². The highest BCUT2D eigenvalue weighted by molar-refractivity contribution is 6.39. The van der Waals surface area contributed by atoms with E-state index in [1.165, 1.54) is 11.1 Å². The molecule has 2 aromatic carbocycles. The third kappa shape index (κ3) is 12.2. The molecule has 2 fully saturated rings. The summed E-state index contributed by atoms with van der Waals surface area (Å²) in [7, 11) is 0. The second-order valence-electron chi connectivity index (χ2n) is 18.5. The molecule has 0 aromatic heterocycles. The summed E-state index contributed by atoms with van der Waals surface area (Å²) in [5.74, 6) is -0.323. The Labute approximate surface area is 339 Å². The van der Waals surface area contributed by atoms with Crippen LogP contribution in [0.25, 0.3) is 0 Å². The first-order valence-electron chi connectivity index (χ1n) is 19.7. The van der Waals surface area contributed by atoms with Gasteiger partial charge in [0.1, 0.15) is 28.2 Å². The highest BCUT2D eigenvalue weighted by Gasteiger charge is 2.45. The van der Waals surface area contributed by atoms with Gasteiger partial charge in [-0.25, -0.2) is 4.79 Å². The highest BCUT2D eigenvalue weighted by atomic mass is 35.5. The predicted molar refractivity (Wildman–Crippen MR) is 222 cm³/mol. The number of carbonyl (C=O) groups excluding carboxylic acids is 3. The van der Waals surface area contributed by atoms with E-state index >= 15 is 0 Å². The van der Waals surface area contributed by atoms with Crippen molar-refractivity contribution in [3.05, 3.63) is 70.8 Å². The van der Waals surface area contributed by atoms with Crippen LogP contribution in [0.15, 0.2) is 58.8 Å². The summed E-state index contributed by atoms with van der Waals surface area (Å²) in [6.45, 7) is 22.5. The van der Waals surface area contributed by atoms with Crippen LogP contribution in [0.2, 0.25) is 0 Å². The molecule has 2 spiro atoms. The lowest BCUT2D eigenvalue weighted by atomic mass is 9.86. The fourth-order valence-corrected chi connectivity index (χ4v) is 6.94. The van der Waals surface area contributed by atoms with Gasteiger partial charge in [-0.05, 0) is 66.9 Å². The number of ether oxygens (including phenoxy) is 1. The summed E-state index contributed by atoms with van der Waals surface area (Å²) in [6, 6.07) is 16.7. The number of hydrogen-bond donors (Lipinski definition) is 3. The molecule has 13 heteroatoms. The minimum Gasteiger partial charge on any atom is -0.444 e. The van der Waals surface area contributed by atoms with Crippen LogP contribution in [0.3, 0.4) is 0 Å². The zero-order chi connectivity index (χ0) is 40.1. The second-order valence-corrected chi connectivity index (χ2v) is 18.5. The number of oxime groups is 2. The summed E-state index contributed by atoms with van der Waals surface area (Å²) in [6.07, 6.45) is 3.83. The first-order chi connectivity index (χ1) is 25.7. The standard InChI is InChI=1S/C24H35N3O4.C19H27N3O2.ClH/c1-22(2,3)18-9-7-17(8-10-18)16-25-20(28)19-15-24(31-26-19)11-13-27(14-12-24)21(29)30-23(4,5)6;1-18(2,3)15-6-4-14(5-7-15)13-21-17(23)16-12-19(24-22-16)8-10-20-11-9-19;/h7-10H,11-16H2,1-6H3,(H,25,28);4-7,20H,8-13H2,1-3H3,(H,21,23);1H. The Hall–Kier alpha value is -4.16. The Bertz CT molecular complexity index is 1720. The summed E-state index contributed by atoms with van der Waals surface area (Å²) >= 11 is 0. The Balaban J connectivity index is 0.000000252. The number of nitrogens with one attached hydrogen (secondary N) is 3. The van der Waals surface area contributed by atoms with Crippen molar-refractivity contribution in [1.29, 1.82) is 0 Å². The molecule has 0 bridgehead atoms. The molecule has 4 aliphatic heterocycles. The van der Waals surface area contributed by atoms with Gasteiger partial charge in [-0.15, -0.1) is 12.4 Å². The number of piperidine rings is 2. The molecule has 56 heavy (non-hydrogen) atoms. The minimum absolute atomic E-state index is 0. The van der Waals surface area contributed by atoms with Crippen molar-refractivity contribution in [3.63, 3.8) is 0 Å². The van der Waals surface area contributed by atoms with Crippen LogP contribution < -0.4 is 16.0 Å². The van der Waals surface area contributed by atoms with Crippen LogP contribution in [0.1, 0.15) is 123 Å². The molecule has 2 saturated heterocycles. The van der Waals surface area contributed by atoms with Gasteiger partial charge in [0.15, 0.2) is 0 Å². The SMILES string of the molecule is CC(C)(C)OC(=O)N1CCC2(CC1)CC(C(=O)NCc1ccc(C(C)(C)C)cc1)=NO2.CC(C)(C)c1ccc(CNC(=O)C2=NOC3(CCNCC3)C2)cc1.Cl. The van der Waals surface area contributed by atoms with E-state index in [0.717, 1.165) is 37.1 Å². The lowest BCUT2D eigenvalue weighted by Crippen LogP contribution is -2.48. The number of amides is 3. The second kappa shape index (κ2) is 18.0. The van der Waals surface area contributed by atoms with Crippen molar-refractivity contribution in [2.24, 2.45) is 10.3 Å². The van der Waals surface area contributed by atoms with E-state index in [1.54, 1.807) is 4.90 Å². The van der Waals surface area contributed by atoms with Crippen LogP contribution in [0, 0.1) is 0 Å². The number of carbonyl (C=O) groups is 3. The van der Waals surface area contributed by atoms with Gasteiger partial charge in [0.25, 0.3) is 11.8 Å². The van der Waals surface area contributed by atoms with E-state index in [2.05, 4.69) is 104 Å². The fraction of sp³-hybridized carbons (Fsp3) is 0.605. The smallest absolute Gasteiger partial charge is 0.410 e. The van der Waals surface area contributed by atoms with E-state index < -0.39 is 11.2 Å². The molecule has 0 atom stereocenters. The average molecular weight is 795 g/mol. The third-order valence-corrected chi connectivity index (χ3v) is 10.6. The van der Waals surface area contributed by atoms with Crippen molar-refractivity contribution >= 4 is 41.7 Å². The number of halogens is 1. The number of benzene rings is 2. The largest absolute Gasteiger partial charge is 0.444 e. The number of likely N-dealkylation sites (tertiary alicyclic amines) is 1. The van der Waals surface area contributed by atoms with E-state index in [-0.39, 0.29) is 46.7 Å². The van der Waals surface area contributed by atoms with E-state index in [4.69, 9.17) is 14.4 Å². The maximum absolute atomic E-state index is 12.6. The normalized spacial score (nSPS) is 18.6. The number of hydrogen-bond acceptors (Lipinski definition) is 9. The van der Waals surface area contributed by atoms with Gasteiger partial charge in [-0.1, -0.05) is 100 Å². The van der Waals surface area contributed by atoms with E-state index in [1.807, 2.05) is 32.9 Å². The Morgan fingerprint density at radius 3 is 1.45 bits per heavy atom. The molecule has 308 valence electrons. The van der Waals surface area contributed by atoms with Gasteiger partial charge in [0.2, 0.25) is 0 Å². The molecule has 2 aromatic rings. The van der Waals surface area contributed by atoms with Crippen LogP contribution in [-0.2, 0) is 47.9 Å². The quantitative estimate of drug-likeness (QED) is 0.284. The van der Waals surface area contributed by atoms with Gasteiger partial charge < -0.3 is 35.3 Å². The third-order valence-electron chi connectivity index (χ3n) is 10.6. The molecule has 3 amide bonds. The molecular weight excluding hydrogens is 732 g/mol. The van der Waals surface area contributed by atoms with E-state index in [0.29, 0.717) is 63.3 Å².